The molecular weight excluding hydrogens is 278 g/mol. The van der Waals surface area contributed by atoms with E-state index in [0.29, 0.717) is 11.8 Å². The standard InChI is InChI=1S/C17H23N3O2/c1-11-2-3-17-18-14(10-20(17)6-11)9-19-7-12-4-15(21)16(22)5-13(12)8-19/h2-3,6,10,12-13,15-16,21-22H,4-5,7-9H2,1H3/t12-,13+,15-,16-/m0/s1. The highest BCUT2D eigenvalue weighted by Gasteiger charge is 2.41. The van der Waals surface area contributed by atoms with Gasteiger partial charge in [0.15, 0.2) is 0 Å². The van der Waals surface area contributed by atoms with E-state index in [-0.39, 0.29) is 0 Å². The zero-order valence-electron chi connectivity index (χ0n) is 12.9. The molecule has 1 aliphatic carbocycles. The van der Waals surface area contributed by atoms with E-state index in [1.54, 1.807) is 0 Å². The summed E-state index contributed by atoms with van der Waals surface area (Å²) in [6.07, 6.45) is 4.58. The van der Waals surface area contributed by atoms with Crippen LogP contribution in [0.1, 0.15) is 24.1 Å². The van der Waals surface area contributed by atoms with Crippen molar-refractivity contribution in [2.45, 2.75) is 38.5 Å². The number of aryl methyl sites for hydroxylation is 1. The summed E-state index contributed by atoms with van der Waals surface area (Å²) in [5, 5.41) is 19.7. The maximum Gasteiger partial charge on any atom is 0.137 e. The fourth-order valence-electron chi connectivity index (χ4n) is 4.09. The van der Waals surface area contributed by atoms with Crippen LogP contribution in [0.4, 0.5) is 0 Å². The van der Waals surface area contributed by atoms with Crippen molar-refractivity contribution in [1.82, 2.24) is 14.3 Å². The Morgan fingerprint density at radius 1 is 1.09 bits per heavy atom. The minimum atomic E-state index is -0.542. The normalized spacial score (nSPS) is 32.5. The van der Waals surface area contributed by atoms with E-state index < -0.39 is 12.2 Å². The Kier molecular flexibility index (Phi) is 3.44. The van der Waals surface area contributed by atoms with Crippen LogP contribution in [0.25, 0.3) is 5.65 Å². The van der Waals surface area contributed by atoms with Gasteiger partial charge in [0.05, 0.1) is 17.9 Å². The van der Waals surface area contributed by atoms with Gasteiger partial charge in [0, 0.05) is 32.0 Å². The molecular formula is C17H23N3O2. The topological polar surface area (TPSA) is 61.0 Å². The van der Waals surface area contributed by atoms with Gasteiger partial charge in [-0.25, -0.2) is 4.98 Å². The number of pyridine rings is 1. The third kappa shape index (κ3) is 2.53. The van der Waals surface area contributed by atoms with E-state index in [9.17, 15) is 10.2 Å². The van der Waals surface area contributed by atoms with Crippen LogP contribution >= 0.6 is 0 Å². The Morgan fingerprint density at radius 3 is 2.45 bits per heavy atom. The van der Waals surface area contributed by atoms with E-state index in [1.165, 1.54) is 5.56 Å². The van der Waals surface area contributed by atoms with Crippen LogP contribution in [0, 0.1) is 18.8 Å². The first-order valence-corrected chi connectivity index (χ1v) is 8.11. The number of nitrogens with zero attached hydrogens (tertiary/aromatic N) is 3. The van der Waals surface area contributed by atoms with E-state index in [4.69, 9.17) is 0 Å². The lowest BCUT2D eigenvalue weighted by Gasteiger charge is -2.32. The third-order valence-corrected chi connectivity index (χ3v) is 5.22. The molecule has 1 saturated carbocycles. The number of rotatable bonds is 2. The average molecular weight is 301 g/mol. The first kappa shape index (κ1) is 14.2. The van der Waals surface area contributed by atoms with Crippen molar-refractivity contribution in [2.75, 3.05) is 13.1 Å². The van der Waals surface area contributed by atoms with Gasteiger partial charge in [-0.1, -0.05) is 6.07 Å². The predicted octanol–water partition coefficient (Wildman–Crippen LogP) is 1.21. The number of hydrogen-bond donors (Lipinski definition) is 2. The zero-order chi connectivity index (χ0) is 15.3. The number of fused-ring (bicyclic) bond motifs is 2. The Hall–Kier alpha value is -1.43. The number of likely N-dealkylation sites (tertiary alicyclic amines) is 1. The van der Waals surface area contributed by atoms with Gasteiger partial charge in [-0.3, -0.25) is 4.90 Å². The molecule has 2 aromatic rings. The van der Waals surface area contributed by atoms with Crippen LogP contribution in [0.3, 0.4) is 0 Å². The average Bonchev–Trinajstić information content (AvgIpc) is 3.02. The van der Waals surface area contributed by atoms with Crippen molar-refractivity contribution in [1.29, 1.82) is 0 Å². The lowest BCUT2D eigenvalue weighted by molar-refractivity contribution is -0.0372. The van der Waals surface area contributed by atoms with E-state index in [0.717, 1.165) is 43.8 Å². The molecule has 0 aromatic carbocycles. The minimum Gasteiger partial charge on any atom is -0.390 e. The second kappa shape index (κ2) is 5.33. The summed E-state index contributed by atoms with van der Waals surface area (Å²) in [4.78, 5) is 7.10. The van der Waals surface area contributed by atoms with E-state index >= 15 is 0 Å². The van der Waals surface area contributed by atoms with Crippen molar-refractivity contribution in [3.05, 3.63) is 35.8 Å². The van der Waals surface area contributed by atoms with Gasteiger partial charge in [0.25, 0.3) is 0 Å². The predicted molar refractivity (Wildman–Crippen MR) is 83.4 cm³/mol. The highest BCUT2D eigenvalue weighted by atomic mass is 16.3. The molecule has 22 heavy (non-hydrogen) atoms. The summed E-state index contributed by atoms with van der Waals surface area (Å²) in [5.74, 6) is 1.02. The molecule has 4 rings (SSSR count). The number of hydrogen-bond acceptors (Lipinski definition) is 4. The van der Waals surface area contributed by atoms with Gasteiger partial charge in [-0.15, -0.1) is 0 Å². The molecule has 0 bridgehead atoms. The summed E-state index contributed by atoms with van der Waals surface area (Å²) >= 11 is 0. The summed E-state index contributed by atoms with van der Waals surface area (Å²) < 4.78 is 2.08. The number of aliphatic hydroxyl groups excluding tert-OH is 2. The molecule has 1 aliphatic heterocycles. The molecule has 4 atom stereocenters. The Morgan fingerprint density at radius 2 is 1.77 bits per heavy atom. The van der Waals surface area contributed by atoms with Crippen molar-refractivity contribution in [2.24, 2.45) is 11.8 Å². The molecule has 5 heteroatoms. The maximum absolute atomic E-state index is 9.84. The van der Waals surface area contributed by atoms with Crippen LogP contribution in [-0.2, 0) is 6.54 Å². The van der Waals surface area contributed by atoms with E-state index in [1.807, 2.05) is 0 Å². The number of imidazole rings is 1. The van der Waals surface area contributed by atoms with Crippen molar-refractivity contribution >= 4 is 5.65 Å². The molecule has 0 amide bonds. The fourth-order valence-corrected chi connectivity index (χ4v) is 4.09. The Balaban J connectivity index is 1.47. The van der Waals surface area contributed by atoms with Gasteiger partial charge >= 0.3 is 0 Å². The molecule has 2 aliphatic rings. The van der Waals surface area contributed by atoms with Crippen LogP contribution < -0.4 is 0 Å². The fraction of sp³-hybridized carbons (Fsp3) is 0.588. The molecule has 2 fully saturated rings. The van der Waals surface area contributed by atoms with Crippen LogP contribution in [-0.4, -0.2) is 49.8 Å². The molecule has 0 radical (unpaired) electrons. The van der Waals surface area contributed by atoms with Gasteiger partial charge in [0.2, 0.25) is 0 Å². The molecule has 118 valence electrons. The molecule has 0 unspecified atom stereocenters. The van der Waals surface area contributed by atoms with Crippen molar-refractivity contribution in [3.63, 3.8) is 0 Å². The molecule has 5 nitrogen and oxygen atoms in total. The molecule has 0 spiro atoms. The van der Waals surface area contributed by atoms with E-state index in [2.05, 4.69) is 45.7 Å². The Bertz CT molecular complexity index is 666. The lowest BCUT2D eigenvalue weighted by atomic mass is 9.79. The van der Waals surface area contributed by atoms with Crippen LogP contribution in [0.5, 0.6) is 0 Å². The first-order chi connectivity index (χ1) is 10.6. The summed E-state index contributed by atoms with van der Waals surface area (Å²) in [7, 11) is 0. The van der Waals surface area contributed by atoms with Crippen LogP contribution in [0.15, 0.2) is 24.5 Å². The van der Waals surface area contributed by atoms with Gasteiger partial charge in [-0.2, -0.15) is 0 Å². The van der Waals surface area contributed by atoms with Crippen molar-refractivity contribution < 1.29 is 10.2 Å². The third-order valence-electron chi connectivity index (χ3n) is 5.22. The molecule has 1 saturated heterocycles. The number of aromatic nitrogens is 2. The number of aliphatic hydroxyl groups is 2. The monoisotopic (exact) mass is 301 g/mol. The zero-order valence-corrected chi connectivity index (χ0v) is 12.9. The van der Waals surface area contributed by atoms with Gasteiger partial charge in [-0.05, 0) is 43.2 Å². The quantitative estimate of drug-likeness (QED) is 0.875. The van der Waals surface area contributed by atoms with Gasteiger partial charge in [0.1, 0.15) is 5.65 Å². The maximum atomic E-state index is 9.84. The van der Waals surface area contributed by atoms with Crippen LogP contribution in [0.2, 0.25) is 0 Å². The smallest absolute Gasteiger partial charge is 0.137 e. The highest BCUT2D eigenvalue weighted by molar-refractivity contribution is 5.41. The summed E-state index contributed by atoms with van der Waals surface area (Å²) in [6, 6.07) is 4.13. The largest absolute Gasteiger partial charge is 0.390 e. The summed E-state index contributed by atoms with van der Waals surface area (Å²) in [5.41, 5.74) is 3.31. The first-order valence-electron chi connectivity index (χ1n) is 8.11. The highest BCUT2D eigenvalue weighted by Crippen LogP contribution is 2.36. The minimum absolute atomic E-state index is 0.512. The molecule has 2 aromatic heterocycles. The SMILES string of the molecule is Cc1ccc2nc(CN3C[C@H]4C[C@H](O)[C@@H](O)C[C@H]4C3)cn2c1. The molecule has 3 heterocycles. The summed E-state index contributed by atoms with van der Waals surface area (Å²) in [6.45, 7) is 4.93. The second-order valence-corrected chi connectivity index (χ2v) is 7.02. The van der Waals surface area contributed by atoms with Crippen molar-refractivity contribution in [3.8, 4) is 0 Å². The van der Waals surface area contributed by atoms with Gasteiger partial charge < -0.3 is 14.6 Å². The Labute approximate surface area is 130 Å². The lowest BCUT2D eigenvalue weighted by Crippen LogP contribution is -2.38. The molecule has 2 N–H and O–H groups in total. The second-order valence-electron chi connectivity index (χ2n) is 7.02.